The van der Waals surface area contributed by atoms with Gasteiger partial charge in [0.15, 0.2) is 5.82 Å². The lowest BCUT2D eigenvalue weighted by Crippen LogP contribution is -2.25. The second-order valence-electron chi connectivity index (χ2n) is 8.12. The van der Waals surface area contributed by atoms with Crippen LogP contribution in [0.4, 0.5) is 17.5 Å². The van der Waals surface area contributed by atoms with E-state index in [0.29, 0.717) is 30.0 Å². The molecule has 0 amide bonds. The maximum atomic E-state index is 6.46. The molecule has 1 aliphatic rings. The molecule has 1 atom stereocenters. The summed E-state index contributed by atoms with van der Waals surface area (Å²) < 4.78 is 5.88. The molecule has 0 radical (unpaired) electrons. The number of nitrogens with zero attached hydrogens (tertiary/aromatic N) is 4. The third kappa shape index (κ3) is 7.21. The van der Waals surface area contributed by atoms with Gasteiger partial charge < -0.3 is 15.0 Å². The van der Waals surface area contributed by atoms with Crippen LogP contribution in [0.25, 0.3) is 0 Å². The van der Waals surface area contributed by atoms with Crippen LogP contribution in [0.5, 0.6) is 5.75 Å². The van der Waals surface area contributed by atoms with Gasteiger partial charge in [-0.15, -0.1) is 12.4 Å². The van der Waals surface area contributed by atoms with Gasteiger partial charge in [0.1, 0.15) is 10.8 Å². The Labute approximate surface area is 218 Å². The third-order valence-electron chi connectivity index (χ3n) is 5.92. The monoisotopic (exact) mass is 517 g/mol. The zero-order valence-corrected chi connectivity index (χ0v) is 21.8. The third-order valence-corrected chi connectivity index (χ3v) is 6.18. The summed E-state index contributed by atoms with van der Waals surface area (Å²) in [6.45, 7) is 8.87. The van der Waals surface area contributed by atoms with Gasteiger partial charge >= 0.3 is 0 Å². The highest BCUT2D eigenvalue weighted by molar-refractivity contribution is 6.32. The zero-order chi connectivity index (χ0) is 23.8. The highest BCUT2D eigenvalue weighted by Gasteiger charge is 2.30. The van der Waals surface area contributed by atoms with Crippen molar-refractivity contribution < 1.29 is 9.57 Å². The summed E-state index contributed by atoms with van der Waals surface area (Å²) in [6.07, 6.45) is 3.47. The predicted molar refractivity (Wildman–Crippen MR) is 144 cm³/mol. The van der Waals surface area contributed by atoms with Crippen molar-refractivity contribution in [3.8, 4) is 5.75 Å². The fraction of sp³-hybridized carbons (Fsp3) is 0.385. The van der Waals surface area contributed by atoms with Crippen molar-refractivity contribution in [1.82, 2.24) is 14.9 Å². The molecule has 1 aromatic heterocycles. The lowest BCUT2D eigenvalue weighted by molar-refractivity contribution is 0.157. The molecule has 0 saturated carbocycles. The molecule has 1 unspecified atom stereocenters. The molecule has 2 aromatic carbocycles. The molecule has 3 aromatic rings. The lowest BCUT2D eigenvalue weighted by atomic mass is 10.0. The van der Waals surface area contributed by atoms with E-state index in [1.165, 1.54) is 0 Å². The van der Waals surface area contributed by atoms with E-state index in [2.05, 4.69) is 46.2 Å². The van der Waals surface area contributed by atoms with Crippen LogP contribution in [0, 0.1) is 0 Å². The number of hydrogen-bond donors (Lipinski definition) is 1. The van der Waals surface area contributed by atoms with Crippen LogP contribution in [-0.4, -0.2) is 47.7 Å². The Morgan fingerprint density at radius 3 is 2.57 bits per heavy atom. The smallest absolute Gasteiger partial charge is 0.229 e. The quantitative estimate of drug-likeness (QED) is 0.300. The molecule has 2 heterocycles. The number of benzene rings is 2. The molecule has 1 N–H and O–H groups in total. The number of rotatable bonds is 11. The lowest BCUT2D eigenvalue weighted by Gasteiger charge is -2.24. The maximum Gasteiger partial charge on any atom is 0.229 e. The first-order valence-corrected chi connectivity index (χ1v) is 12.3. The fourth-order valence-corrected chi connectivity index (χ4v) is 4.18. The van der Waals surface area contributed by atoms with Gasteiger partial charge in [-0.25, -0.2) is 10.0 Å². The minimum absolute atomic E-state index is 0. The Hall–Kier alpha value is -2.58. The van der Waals surface area contributed by atoms with E-state index < -0.39 is 0 Å². The fourth-order valence-electron chi connectivity index (χ4n) is 4.01. The average Bonchev–Trinajstić information content (AvgIpc) is 3.37. The number of ether oxygens (including phenoxy) is 1. The number of aromatic nitrogens is 2. The second kappa shape index (κ2) is 13.5. The summed E-state index contributed by atoms with van der Waals surface area (Å²) in [5.41, 5.74) is 2.03. The molecule has 7 nitrogen and oxygen atoms in total. The molecular formula is C26H33Cl2N5O2. The minimum atomic E-state index is 0. The molecule has 35 heavy (non-hydrogen) atoms. The molecule has 0 bridgehead atoms. The van der Waals surface area contributed by atoms with Crippen LogP contribution in [0.2, 0.25) is 5.02 Å². The molecule has 1 aliphatic heterocycles. The van der Waals surface area contributed by atoms with Gasteiger partial charge in [0.2, 0.25) is 5.95 Å². The van der Waals surface area contributed by atoms with Crippen LogP contribution in [0.15, 0.2) is 60.8 Å². The van der Waals surface area contributed by atoms with Crippen molar-refractivity contribution in [1.29, 1.82) is 0 Å². The van der Waals surface area contributed by atoms with E-state index in [9.17, 15) is 0 Å². The van der Waals surface area contributed by atoms with Crippen LogP contribution >= 0.6 is 24.0 Å². The van der Waals surface area contributed by atoms with Crippen molar-refractivity contribution in [2.75, 3.05) is 43.2 Å². The first kappa shape index (κ1) is 27.0. The molecule has 1 saturated heterocycles. The molecule has 0 spiro atoms. The van der Waals surface area contributed by atoms with Gasteiger partial charge in [0.05, 0.1) is 25.5 Å². The molecule has 4 rings (SSSR count). The highest BCUT2D eigenvalue weighted by Crippen LogP contribution is 2.37. The van der Waals surface area contributed by atoms with Crippen LogP contribution in [-0.2, 0) is 4.84 Å². The Balaban J connectivity index is 0.00000342. The molecule has 9 heteroatoms. The van der Waals surface area contributed by atoms with Crippen molar-refractivity contribution in [2.45, 2.75) is 32.7 Å². The van der Waals surface area contributed by atoms with Gasteiger partial charge in [-0.2, -0.15) is 4.98 Å². The normalized spacial score (nSPS) is 15.2. The van der Waals surface area contributed by atoms with Crippen LogP contribution < -0.4 is 15.1 Å². The zero-order valence-electron chi connectivity index (χ0n) is 20.2. The number of hydroxylamine groups is 1. The second-order valence-corrected chi connectivity index (χ2v) is 8.52. The van der Waals surface area contributed by atoms with Crippen LogP contribution in [0.1, 0.15) is 38.3 Å². The van der Waals surface area contributed by atoms with Crippen LogP contribution in [0.3, 0.4) is 0 Å². The van der Waals surface area contributed by atoms with Crippen molar-refractivity contribution in [3.05, 3.63) is 71.4 Å². The topological polar surface area (TPSA) is 62.8 Å². The van der Waals surface area contributed by atoms with Gasteiger partial charge in [0.25, 0.3) is 0 Å². The minimum Gasteiger partial charge on any atom is -0.494 e. The van der Waals surface area contributed by atoms with Gasteiger partial charge in [-0.3, -0.25) is 4.84 Å². The SMILES string of the molecule is CCN(CC)CCCOc1ccc(Nc2ncc(Cl)c(N3OCCC3c3ccccc3)n2)cc1.Cl. The summed E-state index contributed by atoms with van der Waals surface area (Å²) in [7, 11) is 0. The maximum absolute atomic E-state index is 6.46. The predicted octanol–water partition coefficient (Wildman–Crippen LogP) is 6.29. The number of nitrogens with one attached hydrogen (secondary N) is 1. The molecule has 188 valence electrons. The van der Waals surface area contributed by atoms with Gasteiger partial charge in [-0.05, 0) is 49.3 Å². The highest BCUT2D eigenvalue weighted by atomic mass is 35.5. The van der Waals surface area contributed by atoms with E-state index >= 15 is 0 Å². The summed E-state index contributed by atoms with van der Waals surface area (Å²) in [5.74, 6) is 1.85. The van der Waals surface area contributed by atoms with E-state index in [1.807, 2.05) is 42.5 Å². The van der Waals surface area contributed by atoms with E-state index in [0.717, 1.165) is 49.5 Å². The summed E-state index contributed by atoms with van der Waals surface area (Å²) in [5, 5.41) is 5.49. The van der Waals surface area contributed by atoms with Crippen molar-refractivity contribution in [3.63, 3.8) is 0 Å². The molecule has 1 fully saturated rings. The summed E-state index contributed by atoms with van der Waals surface area (Å²) in [4.78, 5) is 17.3. The number of halogens is 2. The standard InChI is InChI=1S/C26H32ClN5O2.ClH/c1-3-31(4-2)16-8-17-33-22-13-11-21(12-14-22)29-26-28-19-23(27)25(30-26)32-24(15-18-34-32)20-9-6-5-7-10-20;/h5-7,9-14,19,24H,3-4,8,15-18H2,1-2H3,(H,28,29,30);1H. The number of hydrogen-bond acceptors (Lipinski definition) is 7. The van der Waals surface area contributed by atoms with Gasteiger partial charge in [-0.1, -0.05) is 55.8 Å². The number of anilines is 3. The van der Waals surface area contributed by atoms with E-state index in [1.54, 1.807) is 11.3 Å². The van der Waals surface area contributed by atoms with Crippen molar-refractivity contribution in [2.24, 2.45) is 0 Å². The first-order valence-electron chi connectivity index (χ1n) is 11.9. The first-order chi connectivity index (χ1) is 16.7. The largest absolute Gasteiger partial charge is 0.494 e. The Bertz CT molecular complexity index is 1040. The van der Waals surface area contributed by atoms with Gasteiger partial charge in [0, 0.05) is 18.7 Å². The van der Waals surface area contributed by atoms with Crippen molar-refractivity contribution >= 4 is 41.5 Å². The Morgan fingerprint density at radius 2 is 1.86 bits per heavy atom. The molecular weight excluding hydrogens is 485 g/mol. The summed E-state index contributed by atoms with van der Waals surface area (Å²) in [6, 6.07) is 18.1. The molecule has 0 aliphatic carbocycles. The summed E-state index contributed by atoms with van der Waals surface area (Å²) >= 11 is 6.46. The average molecular weight is 518 g/mol. The Morgan fingerprint density at radius 1 is 1.11 bits per heavy atom. The van der Waals surface area contributed by atoms with E-state index in [-0.39, 0.29) is 18.4 Å². The Kier molecular flexibility index (Phi) is 10.4. The van der Waals surface area contributed by atoms with E-state index in [4.69, 9.17) is 21.2 Å².